The van der Waals surface area contributed by atoms with Crippen LogP contribution >= 0.6 is 11.8 Å². The molecule has 0 aromatic heterocycles. The Hall–Kier alpha value is -1.49. The maximum Gasteiger partial charge on any atom is 0.225 e. The van der Waals surface area contributed by atoms with E-state index in [-0.39, 0.29) is 11.8 Å². The zero-order valence-corrected chi connectivity index (χ0v) is 10.2. The molecule has 0 saturated heterocycles. The Balaban J connectivity index is 2.22. The number of amides is 2. The summed E-state index contributed by atoms with van der Waals surface area (Å²) in [4.78, 5) is 23.2. The van der Waals surface area contributed by atoms with Crippen LogP contribution in [0, 0.1) is 0 Å². The Labute approximate surface area is 104 Å². The van der Waals surface area contributed by atoms with E-state index < -0.39 is 0 Å². The minimum absolute atomic E-state index is 0.0129. The summed E-state index contributed by atoms with van der Waals surface area (Å²) in [6, 6.07) is 7.25. The summed E-state index contributed by atoms with van der Waals surface area (Å²) >= 11 is 1.63. The van der Waals surface area contributed by atoms with Crippen LogP contribution in [0.4, 0.5) is 11.4 Å². The maximum absolute atomic E-state index is 11.6. The molecule has 1 aromatic carbocycles. The quantitative estimate of drug-likeness (QED) is 0.741. The molecule has 0 fully saturated rings. The number of fused-ring (bicyclic) bond motifs is 1. The third-order valence-electron chi connectivity index (χ3n) is 2.42. The fraction of sp³-hybridized carbons (Fsp3) is 0.333. The van der Waals surface area contributed by atoms with Gasteiger partial charge in [0.1, 0.15) is 0 Å². The van der Waals surface area contributed by atoms with Crippen LogP contribution in [0.1, 0.15) is 12.8 Å². The molecule has 2 rings (SSSR count). The van der Waals surface area contributed by atoms with Crippen LogP contribution < -0.4 is 10.6 Å². The van der Waals surface area contributed by atoms with Gasteiger partial charge in [0.05, 0.1) is 11.4 Å². The topological polar surface area (TPSA) is 58.2 Å². The number of benzene rings is 1. The van der Waals surface area contributed by atoms with Crippen LogP contribution in [-0.2, 0) is 9.59 Å². The standard InChI is InChI=1S/C12H14N2O2S/c15-11-5-7-17-8-6-12(16)14-10-4-2-1-3-9(10)13-11/h1-4H,5-8H2,(H,13,15)(H,14,16). The zero-order chi connectivity index (χ0) is 12.1. The second-order valence-electron chi connectivity index (χ2n) is 3.75. The van der Waals surface area contributed by atoms with Gasteiger partial charge in [0.2, 0.25) is 11.8 Å². The molecule has 0 radical (unpaired) electrons. The molecule has 0 aliphatic carbocycles. The number of rotatable bonds is 0. The van der Waals surface area contributed by atoms with Crippen LogP contribution in [0.5, 0.6) is 0 Å². The molecule has 2 amide bonds. The molecule has 0 unspecified atom stereocenters. The van der Waals surface area contributed by atoms with Crippen molar-refractivity contribution in [1.29, 1.82) is 0 Å². The van der Waals surface area contributed by atoms with Gasteiger partial charge in [-0.1, -0.05) is 12.1 Å². The van der Waals surface area contributed by atoms with Crippen molar-refractivity contribution >= 4 is 35.0 Å². The lowest BCUT2D eigenvalue weighted by atomic mass is 10.2. The molecular weight excluding hydrogens is 236 g/mol. The molecule has 4 nitrogen and oxygen atoms in total. The van der Waals surface area contributed by atoms with Gasteiger partial charge < -0.3 is 10.6 Å². The molecule has 0 bridgehead atoms. The molecule has 90 valence electrons. The lowest BCUT2D eigenvalue weighted by Gasteiger charge is -2.10. The largest absolute Gasteiger partial charge is 0.324 e. The third kappa shape index (κ3) is 3.49. The van der Waals surface area contributed by atoms with E-state index in [0.29, 0.717) is 24.2 Å². The molecule has 1 aliphatic rings. The number of thioether (sulfide) groups is 1. The number of nitrogens with one attached hydrogen (secondary N) is 2. The van der Waals surface area contributed by atoms with Crippen molar-refractivity contribution in [1.82, 2.24) is 0 Å². The van der Waals surface area contributed by atoms with E-state index >= 15 is 0 Å². The second kappa shape index (κ2) is 5.72. The van der Waals surface area contributed by atoms with Gasteiger partial charge in [-0.2, -0.15) is 11.8 Å². The Bertz CT molecular complexity index is 395. The van der Waals surface area contributed by atoms with E-state index in [0.717, 1.165) is 11.5 Å². The molecule has 2 N–H and O–H groups in total. The maximum atomic E-state index is 11.6. The first kappa shape index (κ1) is 12.0. The minimum Gasteiger partial charge on any atom is -0.324 e. The first-order chi connectivity index (χ1) is 8.25. The van der Waals surface area contributed by atoms with E-state index in [1.807, 2.05) is 12.1 Å². The third-order valence-corrected chi connectivity index (χ3v) is 3.41. The summed E-state index contributed by atoms with van der Waals surface area (Å²) in [7, 11) is 0. The summed E-state index contributed by atoms with van der Waals surface area (Å²) < 4.78 is 0. The van der Waals surface area contributed by atoms with Crippen molar-refractivity contribution in [3.8, 4) is 0 Å². The van der Waals surface area contributed by atoms with Gasteiger partial charge in [-0.15, -0.1) is 0 Å². The fourth-order valence-electron chi connectivity index (χ4n) is 1.56. The Morgan fingerprint density at radius 1 is 0.882 bits per heavy atom. The Morgan fingerprint density at radius 3 is 1.82 bits per heavy atom. The highest BCUT2D eigenvalue weighted by molar-refractivity contribution is 7.99. The Morgan fingerprint density at radius 2 is 1.35 bits per heavy atom. The number of para-hydroxylation sites is 2. The van der Waals surface area contributed by atoms with Crippen molar-refractivity contribution in [2.45, 2.75) is 12.8 Å². The van der Waals surface area contributed by atoms with Crippen LogP contribution in [-0.4, -0.2) is 23.3 Å². The number of carbonyl (C=O) groups excluding carboxylic acids is 2. The second-order valence-corrected chi connectivity index (χ2v) is 4.98. The number of hydrogen-bond acceptors (Lipinski definition) is 3. The normalized spacial score (nSPS) is 17.4. The van der Waals surface area contributed by atoms with E-state index in [2.05, 4.69) is 10.6 Å². The summed E-state index contributed by atoms with van der Waals surface area (Å²) in [6.07, 6.45) is 0.959. The predicted molar refractivity (Wildman–Crippen MR) is 70.3 cm³/mol. The van der Waals surface area contributed by atoms with Gasteiger partial charge in [-0.05, 0) is 12.1 Å². The van der Waals surface area contributed by atoms with Crippen LogP contribution in [0.3, 0.4) is 0 Å². The van der Waals surface area contributed by atoms with Crippen molar-refractivity contribution in [2.75, 3.05) is 22.1 Å². The average Bonchev–Trinajstić information content (AvgIpc) is 2.33. The Kier molecular flexibility index (Phi) is 4.03. The van der Waals surface area contributed by atoms with Crippen molar-refractivity contribution < 1.29 is 9.59 Å². The summed E-state index contributed by atoms with van der Waals surface area (Å²) in [5.74, 6) is 1.48. The molecular formula is C12H14N2O2S. The highest BCUT2D eigenvalue weighted by atomic mass is 32.2. The monoisotopic (exact) mass is 250 g/mol. The van der Waals surface area contributed by atoms with Crippen molar-refractivity contribution in [3.05, 3.63) is 24.3 Å². The molecule has 0 spiro atoms. The summed E-state index contributed by atoms with van der Waals surface area (Å²) in [5, 5.41) is 5.62. The van der Waals surface area contributed by atoms with Crippen LogP contribution in [0.15, 0.2) is 24.3 Å². The summed E-state index contributed by atoms with van der Waals surface area (Å²) in [5.41, 5.74) is 1.33. The summed E-state index contributed by atoms with van der Waals surface area (Å²) in [6.45, 7) is 0. The smallest absolute Gasteiger partial charge is 0.225 e. The van der Waals surface area contributed by atoms with Crippen molar-refractivity contribution in [2.24, 2.45) is 0 Å². The molecule has 1 aromatic rings. The average molecular weight is 250 g/mol. The first-order valence-corrected chi connectivity index (χ1v) is 6.67. The fourth-order valence-corrected chi connectivity index (χ4v) is 2.42. The van der Waals surface area contributed by atoms with E-state index in [4.69, 9.17) is 0 Å². The lowest BCUT2D eigenvalue weighted by molar-refractivity contribution is -0.116. The molecule has 0 atom stereocenters. The van der Waals surface area contributed by atoms with Gasteiger partial charge in [0.15, 0.2) is 0 Å². The molecule has 1 aliphatic heterocycles. The van der Waals surface area contributed by atoms with Gasteiger partial charge >= 0.3 is 0 Å². The molecule has 1 heterocycles. The lowest BCUT2D eigenvalue weighted by Crippen LogP contribution is -2.15. The SMILES string of the molecule is O=C1CCSCCC(=O)Nc2ccccc2N1. The number of hydrogen-bond donors (Lipinski definition) is 2. The van der Waals surface area contributed by atoms with Gasteiger partial charge in [-0.3, -0.25) is 9.59 Å². The van der Waals surface area contributed by atoms with Gasteiger partial charge in [0.25, 0.3) is 0 Å². The number of carbonyl (C=O) groups is 2. The van der Waals surface area contributed by atoms with Gasteiger partial charge in [0, 0.05) is 24.3 Å². The number of anilines is 2. The van der Waals surface area contributed by atoms with E-state index in [9.17, 15) is 9.59 Å². The zero-order valence-electron chi connectivity index (χ0n) is 9.36. The minimum atomic E-state index is -0.0129. The molecule has 17 heavy (non-hydrogen) atoms. The van der Waals surface area contributed by atoms with Gasteiger partial charge in [-0.25, -0.2) is 0 Å². The predicted octanol–water partition coefficient (Wildman–Crippen LogP) is 2.09. The van der Waals surface area contributed by atoms with Crippen LogP contribution in [0.2, 0.25) is 0 Å². The highest BCUT2D eigenvalue weighted by Crippen LogP contribution is 2.22. The highest BCUT2D eigenvalue weighted by Gasteiger charge is 2.11. The van der Waals surface area contributed by atoms with Crippen molar-refractivity contribution in [3.63, 3.8) is 0 Å². The first-order valence-electron chi connectivity index (χ1n) is 5.52. The molecule has 5 heteroatoms. The van der Waals surface area contributed by atoms with Crippen LogP contribution in [0.25, 0.3) is 0 Å². The van der Waals surface area contributed by atoms with E-state index in [1.165, 1.54) is 0 Å². The van der Waals surface area contributed by atoms with E-state index in [1.54, 1.807) is 23.9 Å². The molecule has 0 saturated carbocycles.